The normalized spacial score (nSPS) is 36.8. The standard InChI is InChI=1S/C16H22BrN3O/c17-13-8-19-15(20-18)4-14(13)21-9-16-5-10-1-11(6-16)3-12(2-10)7-16/h4,8,10-12H,1-3,5-7,9,18H2,(H,19,20). The number of nitrogens with two attached hydrogens (primary N) is 1. The fraction of sp³-hybridized carbons (Fsp3) is 0.688. The van der Waals surface area contributed by atoms with Crippen LogP contribution in [0.2, 0.25) is 0 Å². The first kappa shape index (κ1) is 13.8. The van der Waals surface area contributed by atoms with Gasteiger partial charge in [0.15, 0.2) is 0 Å². The summed E-state index contributed by atoms with van der Waals surface area (Å²) in [5.41, 5.74) is 3.00. The first-order chi connectivity index (χ1) is 10.2. The maximum atomic E-state index is 6.18. The molecule has 0 saturated heterocycles. The van der Waals surface area contributed by atoms with Gasteiger partial charge < -0.3 is 10.2 Å². The number of nitrogen functional groups attached to an aromatic ring is 1. The molecule has 0 radical (unpaired) electrons. The lowest BCUT2D eigenvalue weighted by molar-refractivity contribution is -0.0746. The van der Waals surface area contributed by atoms with Crippen LogP contribution in [0.5, 0.6) is 5.75 Å². The number of aromatic nitrogens is 1. The van der Waals surface area contributed by atoms with Gasteiger partial charge >= 0.3 is 0 Å². The van der Waals surface area contributed by atoms with Gasteiger partial charge in [-0.15, -0.1) is 0 Å². The maximum Gasteiger partial charge on any atom is 0.143 e. The molecule has 4 aliphatic carbocycles. The molecule has 1 aromatic heterocycles. The van der Waals surface area contributed by atoms with Crippen molar-refractivity contribution in [1.29, 1.82) is 0 Å². The van der Waals surface area contributed by atoms with Crippen molar-refractivity contribution in [3.05, 3.63) is 16.7 Å². The Morgan fingerprint density at radius 3 is 2.43 bits per heavy atom. The number of halogens is 1. The molecule has 4 aliphatic rings. The van der Waals surface area contributed by atoms with Gasteiger partial charge in [-0.1, -0.05) is 0 Å². The van der Waals surface area contributed by atoms with Crippen molar-refractivity contribution >= 4 is 21.7 Å². The first-order valence-corrected chi connectivity index (χ1v) is 8.70. The van der Waals surface area contributed by atoms with E-state index >= 15 is 0 Å². The summed E-state index contributed by atoms with van der Waals surface area (Å²) in [6, 6.07) is 1.87. The Labute approximate surface area is 133 Å². The number of rotatable bonds is 4. The Balaban J connectivity index is 1.49. The van der Waals surface area contributed by atoms with Crippen LogP contribution in [0.1, 0.15) is 38.5 Å². The molecule has 0 atom stereocenters. The van der Waals surface area contributed by atoms with Crippen LogP contribution in [0.3, 0.4) is 0 Å². The molecule has 1 aromatic rings. The van der Waals surface area contributed by atoms with Gasteiger partial charge in [-0.05, 0) is 72.2 Å². The van der Waals surface area contributed by atoms with E-state index in [1.165, 1.54) is 38.5 Å². The van der Waals surface area contributed by atoms with Gasteiger partial charge in [0, 0.05) is 17.7 Å². The third-order valence-corrected chi connectivity index (χ3v) is 6.26. The zero-order chi connectivity index (χ0) is 14.4. The van der Waals surface area contributed by atoms with E-state index < -0.39 is 0 Å². The average molecular weight is 352 g/mol. The molecule has 1 heterocycles. The van der Waals surface area contributed by atoms with Crippen molar-refractivity contribution in [3.63, 3.8) is 0 Å². The van der Waals surface area contributed by atoms with Gasteiger partial charge in [0.1, 0.15) is 11.6 Å². The second-order valence-electron chi connectivity index (χ2n) is 7.35. The van der Waals surface area contributed by atoms with E-state index in [0.29, 0.717) is 11.2 Å². The van der Waals surface area contributed by atoms with Gasteiger partial charge in [0.05, 0.1) is 11.1 Å². The molecule has 5 heteroatoms. The quantitative estimate of drug-likeness (QED) is 0.640. The zero-order valence-electron chi connectivity index (χ0n) is 12.1. The highest BCUT2D eigenvalue weighted by Gasteiger charge is 2.51. The lowest BCUT2D eigenvalue weighted by atomic mass is 9.50. The number of ether oxygens (including phenoxy) is 1. The molecule has 114 valence electrons. The van der Waals surface area contributed by atoms with Gasteiger partial charge in [-0.25, -0.2) is 10.8 Å². The Bertz CT molecular complexity index is 513. The largest absolute Gasteiger partial charge is 0.492 e. The number of hydrazine groups is 1. The minimum atomic E-state index is 0.424. The topological polar surface area (TPSA) is 60.2 Å². The van der Waals surface area contributed by atoms with Crippen molar-refractivity contribution in [3.8, 4) is 5.75 Å². The number of hydrogen-bond acceptors (Lipinski definition) is 4. The molecule has 0 aromatic carbocycles. The number of nitrogens with zero attached hydrogens (tertiary/aromatic N) is 1. The maximum absolute atomic E-state index is 6.18. The van der Waals surface area contributed by atoms with Gasteiger partial charge in [0.2, 0.25) is 0 Å². The van der Waals surface area contributed by atoms with Crippen LogP contribution in [-0.2, 0) is 0 Å². The van der Waals surface area contributed by atoms with Crippen LogP contribution < -0.4 is 16.0 Å². The summed E-state index contributed by atoms with van der Waals surface area (Å²) in [5, 5.41) is 0. The summed E-state index contributed by atoms with van der Waals surface area (Å²) in [5.74, 6) is 9.79. The molecular weight excluding hydrogens is 330 g/mol. The van der Waals surface area contributed by atoms with E-state index in [1.54, 1.807) is 6.20 Å². The summed E-state index contributed by atoms with van der Waals surface area (Å²) in [6.45, 7) is 0.836. The molecule has 0 spiro atoms. The van der Waals surface area contributed by atoms with E-state index in [4.69, 9.17) is 10.6 Å². The minimum Gasteiger partial charge on any atom is -0.492 e. The molecule has 4 saturated carbocycles. The second-order valence-corrected chi connectivity index (χ2v) is 8.20. The van der Waals surface area contributed by atoms with E-state index in [0.717, 1.165) is 34.6 Å². The Morgan fingerprint density at radius 2 is 1.86 bits per heavy atom. The van der Waals surface area contributed by atoms with Crippen LogP contribution in [0, 0.1) is 23.2 Å². The molecule has 5 rings (SSSR count). The smallest absolute Gasteiger partial charge is 0.143 e. The molecule has 4 fully saturated rings. The first-order valence-electron chi connectivity index (χ1n) is 7.91. The fourth-order valence-corrected chi connectivity index (χ4v) is 5.64. The molecule has 3 N–H and O–H groups in total. The van der Waals surface area contributed by atoms with Gasteiger partial charge in [0.25, 0.3) is 0 Å². The van der Waals surface area contributed by atoms with Crippen LogP contribution in [0.4, 0.5) is 5.82 Å². The summed E-state index contributed by atoms with van der Waals surface area (Å²) in [4.78, 5) is 4.17. The van der Waals surface area contributed by atoms with Crippen LogP contribution in [-0.4, -0.2) is 11.6 Å². The third-order valence-electron chi connectivity index (χ3n) is 5.67. The SMILES string of the molecule is NNc1cc(OCC23CC4CC(CC(C4)C2)C3)c(Br)cn1. The van der Waals surface area contributed by atoms with Crippen LogP contribution in [0.25, 0.3) is 0 Å². The highest BCUT2D eigenvalue weighted by Crippen LogP contribution is 2.60. The zero-order valence-corrected chi connectivity index (χ0v) is 13.7. The van der Waals surface area contributed by atoms with Crippen molar-refractivity contribution in [1.82, 2.24) is 4.98 Å². The summed E-state index contributed by atoms with van der Waals surface area (Å²) < 4.78 is 7.08. The van der Waals surface area contributed by atoms with Gasteiger partial charge in [-0.2, -0.15) is 0 Å². The highest BCUT2D eigenvalue weighted by atomic mass is 79.9. The van der Waals surface area contributed by atoms with Crippen molar-refractivity contribution < 1.29 is 4.74 Å². The van der Waals surface area contributed by atoms with Crippen molar-refractivity contribution in [2.24, 2.45) is 29.0 Å². The monoisotopic (exact) mass is 351 g/mol. The minimum absolute atomic E-state index is 0.424. The number of nitrogens with one attached hydrogen (secondary N) is 1. The van der Waals surface area contributed by atoms with E-state index in [9.17, 15) is 0 Å². The van der Waals surface area contributed by atoms with Gasteiger partial charge in [-0.3, -0.25) is 0 Å². The Kier molecular flexibility index (Phi) is 3.38. The van der Waals surface area contributed by atoms with E-state index in [2.05, 4.69) is 26.3 Å². The van der Waals surface area contributed by atoms with Crippen molar-refractivity contribution in [2.45, 2.75) is 38.5 Å². The molecule has 4 nitrogen and oxygen atoms in total. The molecular formula is C16H22BrN3O. The fourth-order valence-electron chi connectivity index (χ4n) is 5.31. The Morgan fingerprint density at radius 1 is 1.24 bits per heavy atom. The number of pyridine rings is 1. The molecule has 0 amide bonds. The third kappa shape index (κ3) is 2.55. The molecule has 0 aliphatic heterocycles. The second kappa shape index (κ2) is 5.13. The lowest BCUT2D eigenvalue weighted by Crippen LogP contribution is -2.48. The predicted molar refractivity (Wildman–Crippen MR) is 85.8 cm³/mol. The highest BCUT2D eigenvalue weighted by molar-refractivity contribution is 9.10. The van der Waals surface area contributed by atoms with Crippen molar-refractivity contribution in [2.75, 3.05) is 12.0 Å². The molecule has 0 unspecified atom stereocenters. The van der Waals surface area contributed by atoms with E-state index in [1.807, 2.05) is 6.07 Å². The number of hydrogen-bond donors (Lipinski definition) is 2. The summed E-state index contributed by atoms with van der Waals surface area (Å²) in [7, 11) is 0. The van der Waals surface area contributed by atoms with Crippen LogP contribution in [0.15, 0.2) is 16.7 Å². The predicted octanol–water partition coefficient (Wildman–Crippen LogP) is 3.72. The summed E-state index contributed by atoms with van der Waals surface area (Å²) >= 11 is 3.51. The number of anilines is 1. The van der Waals surface area contributed by atoms with E-state index in [-0.39, 0.29) is 0 Å². The molecule has 21 heavy (non-hydrogen) atoms. The Hall–Kier alpha value is -0.810. The average Bonchev–Trinajstić information content (AvgIpc) is 2.45. The van der Waals surface area contributed by atoms with Crippen LogP contribution >= 0.6 is 15.9 Å². The molecule has 4 bridgehead atoms. The summed E-state index contributed by atoms with van der Waals surface area (Å²) in [6.07, 6.45) is 10.2. The lowest BCUT2D eigenvalue weighted by Gasteiger charge is -2.56.